The van der Waals surface area contributed by atoms with Gasteiger partial charge in [0.15, 0.2) is 5.82 Å². The minimum absolute atomic E-state index is 0.0993. The smallest absolute Gasteiger partial charge is 0.259 e. The lowest BCUT2D eigenvalue weighted by Crippen LogP contribution is -2.13. The molecule has 0 unspecified atom stereocenters. The standard InChI is InChI=1S/C15H12FN5O/c1-9-4-2-3-5-12(9)13-18-15(21-20-13)19-14(22)10-6-11(16)8-17-7-10/h2-8H,1H3,(H2,18,19,20,21,22). The molecular formula is C15H12FN5O. The average Bonchev–Trinajstić information content (AvgIpc) is 2.96. The Bertz CT molecular complexity index is 830. The van der Waals surface area contributed by atoms with Gasteiger partial charge in [-0.2, -0.15) is 4.98 Å². The Labute approximate surface area is 125 Å². The summed E-state index contributed by atoms with van der Waals surface area (Å²) in [7, 11) is 0. The van der Waals surface area contributed by atoms with Crippen molar-refractivity contribution in [2.75, 3.05) is 5.32 Å². The number of nitrogens with one attached hydrogen (secondary N) is 2. The predicted octanol–water partition coefficient (Wildman–Crippen LogP) is 2.57. The number of aromatic amines is 1. The number of pyridine rings is 1. The fourth-order valence-electron chi connectivity index (χ4n) is 1.99. The van der Waals surface area contributed by atoms with Crippen molar-refractivity contribution in [3.63, 3.8) is 0 Å². The highest BCUT2D eigenvalue weighted by molar-refractivity contribution is 6.03. The number of halogens is 1. The third-order valence-electron chi connectivity index (χ3n) is 3.08. The zero-order valence-corrected chi connectivity index (χ0v) is 11.7. The normalized spacial score (nSPS) is 10.5. The molecule has 0 fully saturated rings. The van der Waals surface area contributed by atoms with Crippen LogP contribution in [0.3, 0.4) is 0 Å². The highest BCUT2D eigenvalue weighted by Crippen LogP contribution is 2.20. The second-order valence-electron chi connectivity index (χ2n) is 4.67. The Balaban J connectivity index is 1.80. The molecule has 110 valence electrons. The van der Waals surface area contributed by atoms with E-state index in [0.29, 0.717) is 5.82 Å². The number of benzene rings is 1. The number of nitrogens with zero attached hydrogens (tertiary/aromatic N) is 3. The van der Waals surface area contributed by atoms with E-state index in [2.05, 4.69) is 25.5 Å². The highest BCUT2D eigenvalue weighted by atomic mass is 19.1. The lowest BCUT2D eigenvalue weighted by molar-refractivity contribution is 0.102. The molecule has 0 atom stereocenters. The number of amides is 1. The minimum Gasteiger partial charge on any atom is -0.289 e. The van der Waals surface area contributed by atoms with E-state index in [1.807, 2.05) is 31.2 Å². The molecular weight excluding hydrogens is 285 g/mol. The van der Waals surface area contributed by atoms with Crippen molar-refractivity contribution in [1.82, 2.24) is 20.2 Å². The topological polar surface area (TPSA) is 83.6 Å². The number of hydrogen-bond donors (Lipinski definition) is 2. The monoisotopic (exact) mass is 297 g/mol. The van der Waals surface area contributed by atoms with Gasteiger partial charge in [0.1, 0.15) is 5.82 Å². The first-order valence-corrected chi connectivity index (χ1v) is 6.54. The van der Waals surface area contributed by atoms with E-state index in [-0.39, 0.29) is 11.5 Å². The molecule has 0 bridgehead atoms. The summed E-state index contributed by atoms with van der Waals surface area (Å²) in [5.41, 5.74) is 2.02. The summed E-state index contributed by atoms with van der Waals surface area (Å²) >= 11 is 0. The van der Waals surface area contributed by atoms with Crippen LogP contribution >= 0.6 is 0 Å². The van der Waals surface area contributed by atoms with Gasteiger partial charge in [-0.3, -0.25) is 20.2 Å². The van der Waals surface area contributed by atoms with Gasteiger partial charge in [0.2, 0.25) is 5.95 Å². The minimum atomic E-state index is -0.580. The first-order chi connectivity index (χ1) is 10.6. The zero-order chi connectivity index (χ0) is 15.5. The molecule has 0 radical (unpaired) electrons. The van der Waals surface area contributed by atoms with E-state index in [4.69, 9.17) is 0 Å². The molecule has 0 spiro atoms. The van der Waals surface area contributed by atoms with Gasteiger partial charge in [-0.15, -0.1) is 5.10 Å². The molecule has 3 rings (SSSR count). The Kier molecular flexibility index (Phi) is 3.61. The summed E-state index contributed by atoms with van der Waals surface area (Å²) in [5.74, 6) is -0.441. The molecule has 6 nitrogen and oxygen atoms in total. The molecule has 7 heteroatoms. The Morgan fingerprint density at radius 1 is 1.27 bits per heavy atom. The SMILES string of the molecule is Cc1ccccc1-c1nc(NC(=O)c2cncc(F)c2)n[nH]1. The number of carbonyl (C=O) groups is 1. The van der Waals surface area contributed by atoms with Gasteiger partial charge in [-0.25, -0.2) is 4.39 Å². The fraction of sp³-hybridized carbons (Fsp3) is 0.0667. The van der Waals surface area contributed by atoms with Crippen LogP contribution in [0.4, 0.5) is 10.3 Å². The number of rotatable bonds is 3. The third kappa shape index (κ3) is 2.83. The molecule has 0 saturated carbocycles. The summed E-state index contributed by atoms with van der Waals surface area (Å²) in [5, 5.41) is 9.20. The van der Waals surface area contributed by atoms with Crippen molar-refractivity contribution >= 4 is 11.9 Å². The van der Waals surface area contributed by atoms with Crippen LogP contribution in [0.1, 0.15) is 15.9 Å². The molecule has 3 aromatic rings. The molecule has 2 N–H and O–H groups in total. The van der Waals surface area contributed by atoms with E-state index in [0.717, 1.165) is 23.4 Å². The van der Waals surface area contributed by atoms with Crippen LogP contribution in [0.2, 0.25) is 0 Å². The third-order valence-corrected chi connectivity index (χ3v) is 3.08. The lowest BCUT2D eigenvalue weighted by atomic mass is 10.1. The molecule has 2 aromatic heterocycles. The maximum absolute atomic E-state index is 13.1. The number of hydrogen-bond acceptors (Lipinski definition) is 4. The van der Waals surface area contributed by atoms with E-state index < -0.39 is 11.7 Å². The number of H-pyrrole nitrogens is 1. The number of carbonyl (C=O) groups excluding carboxylic acids is 1. The molecule has 0 aliphatic rings. The molecule has 22 heavy (non-hydrogen) atoms. The first kappa shape index (κ1) is 13.9. The quantitative estimate of drug-likeness (QED) is 0.778. The summed E-state index contributed by atoms with van der Waals surface area (Å²) < 4.78 is 13.1. The van der Waals surface area contributed by atoms with Crippen LogP contribution in [0, 0.1) is 12.7 Å². The molecule has 2 heterocycles. The van der Waals surface area contributed by atoms with Crippen molar-refractivity contribution in [1.29, 1.82) is 0 Å². The number of aromatic nitrogens is 4. The maximum Gasteiger partial charge on any atom is 0.259 e. The average molecular weight is 297 g/mol. The molecule has 1 aromatic carbocycles. The van der Waals surface area contributed by atoms with E-state index in [1.54, 1.807) is 0 Å². The molecule has 0 aliphatic carbocycles. The predicted molar refractivity (Wildman–Crippen MR) is 78.7 cm³/mol. The largest absolute Gasteiger partial charge is 0.289 e. The van der Waals surface area contributed by atoms with E-state index in [9.17, 15) is 9.18 Å². The first-order valence-electron chi connectivity index (χ1n) is 6.54. The van der Waals surface area contributed by atoms with Crippen molar-refractivity contribution in [2.24, 2.45) is 0 Å². The van der Waals surface area contributed by atoms with E-state index >= 15 is 0 Å². The number of anilines is 1. The summed E-state index contributed by atoms with van der Waals surface area (Å²) in [6.07, 6.45) is 2.30. The van der Waals surface area contributed by atoms with Crippen molar-refractivity contribution < 1.29 is 9.18 Å². The molecule has 0 aliphatic heterocycles. The van der Waals surface area contributed by atoms with Gasteiger partial charge in [0.25, 0.3) is 5.91 Å². The van der Waals surface area contributed by atoms with Gasteiger partial charge in [-0.1, -0.05) is 24.3 Å². The second kappa shape index (κ2) is 5.72. The fourth-order valence-corrected chi connectivity index (χ4v) is 1.99. The van der Waals surface area contributed by atoms with Gasteiger partial charge >= 0.3 is 0 Å². The Morgan fingerprint density at radius 3 is 2.86 bits per heavy atom. The Hall–Kier alpha value is -3.09. The summed E-state index contributed by atoms with van der Waals surface area (Å²) in [6, 6.07) is 8.76. The van der Waals surface area contributed by atoms with Crippen LogP contribution in [0.15, 0.2) is 42.7 Å². The summed E-state index contributed by atoms with van der Waals surface area (Å²) in [6.45, 7) is 1.95. The van der Waals surface area contributed by atoms with Crippen LogP contribution in [0.5, 0.6) is 0 Å². The van der Waals surface area contributed by atoms with Crippen molar-refractivity contribution in [3.8, 4) is 11.4 Å². The van der Waals surface area contributed by atoms with Crippen LogP contribution in [-0.2, 0) is 0 Å². The van der Waals surface area contributed by atoms with Gasteiger partial charge in [0, 0.05) is 11.8 Å². The lowest BCUT2D eigenvalue weighted by Gasteiger charge is -2.01. The molecule has 0 saturated heterocycles. The Morgan fingerprint density at radius 2 is 2.09 bits per heavy atom. The number of aryl methyl sites for hydroxylation is 1. The summed E-state index contributed by atoms with van der Waals surface area (Å²) in [4.78, 5) is 19.8. The van der Waals surface area contributed by atoms with E-state index in [1.165, 1.54) is 6.20 Å². The zero-order valence-electron chi connectivity index (χ0n) is 11.7. The molecule has 1 amide bonds. The van der Waals surface area contributed by atoms with Crippen LogP contribution < -0.4 is 5.32 Å². The van der Waals surface area contributed by atoms with Crippen LogP contribution in [-0.4, -0.2) is 26.1 Å². The van der Waals surface area contributed by atoms with Gasteiger partial charge in [0.05, 0.1) is 11.8 Å². The van der Waals surface area contributed by atoms with Gasteiger partial charge in [-0.05, 0) is 18.6 Å². The second-order valence-corrected chi connectivity index (χ2v) is 4.67. The van der Waals surface area contributed by atoms with Crippen molar-refractivity contribution in [2.45, 2.75) is 6.92 Å². The highest BCUT2D eigenvalue weighted by Gasteiger charge is 2.12. The maximum atomic E-state index is 13.1. The van der Waals surface area contributed by atoms with Crippen molar-refractivity contribution in [3.05, 3.63) is 59.7 Å². The van der Waals surface area contributed by atoms with Crippen LogP contribution in [0.25, 0.3) is 11.4 Å². The van der Waals surface area contributed by atoms with Gasteiger partial charge < -0.3 is 0 Å².